The Labute approximate surface area is 101 Å². The van der Waals surface area contributed by atoms with E-state index in [4.69, 9.17) is 4.98 Å². The van der Waals surface area contributed by atoms with Crippen molar-refractivity contribution in [2.24, 2.45) is 7.05 Å². The predicted molar refractivity (Wildman–Crippen MR) is 68.0 cm³/mol. The summed E-state index contributed by atoms with van der Waals surface area (Å²) in [6, 6.07) is 3.99. The van der Waals surface area contributed by atoms with Crippen molar-refractivity contribution in [3.05, 3.63) is 24.2 Å². The van der Waals surface area contributed by atoms with Crippen LogP contribution in [-0.2, 0) is 7.05 Å². The minimum absolute atomic E-state index is 0.564. The fraction of sp³-hybridized carbons (Fsp3) is 0.538. The van der Waals surface area contributed by atoms with E-state index in [1.165, 1.54) is 18.8 Å². The number of hydrogen-bond acceptors (Lipinski definition) is 3. The lowest BCUT2D eigenvalue weighted by Crippen LogP contribution is -2.20. The molecule has 1 aliphatic rings. The average molecular weight is 230 g/mol. The number of aromatic nitrogens is 3. The SMILES string of the molecule is CCN1CCC(c2nc3cccnc3n2C)C1. The number of likely N-dealkylation sites (N-methyl/N-ethyl adjacent to an activating group) is 1. The third-order valence-corrected chi connectivity index (χ3v) is 3.75. The van der Waals surface area contributed by atoms with E-state index in [1.54, 1.807) is 0 Å². The first-order valence-electron chi connectivity index (χ1n) is 6.29. The minimum Gasteiger partial charge on any atom is -0.316 e. The predicted octanol–water partition coefficient (Wildman–Crippen LogP) is 1.78. The van der Waals surface area contributed by atoms with E-state index < -0.39 is 0 Å². The number of pyridine rings is 1. The van der Waals surface area contributed by atoms with Gasteiger partial charge in [0.1, 0.15) is 11.3 Å². The second kappa shape index (κ2) is 4.11. The van der Waals surface area contributed by atoms with Gasteiger partial charge in [0.2, 0.25) is 0 Å². The van der Waals surface area contributed by atoms with E-state index in [-0.39, 0.29) is 0 Å². The molecule has 1 atom stereocenters. The Morgan fingerprint density at radius 1 is 1.47 bits per heavy atom. The molecule has 1 unspecified atom stereocenters. The number of likely N-dealkylation sites (tertiary alicyclic amines) is 1. The summed E-state index contributed by atoms with van der Waals surface area (Å²) in [5.41, 5.74) is 2.01. The van der Waals surface area contributed by atoms with Crippen LogP contribution in [0.25, 0.3) is 11.2 Å². The summed E-state index contributed by atoms with van der Waals surface area (Å²) in [7, 11) is 2.08. The molecule has 0 N–H and O–H groups in total. The summed E-state index contributed by atoms with van der Waals surface area (Å²) >= 11 is 0. The lowest BCUT2D eigenvalue weighted by Gasteiger charge is -2.12. The highest BCUT2D eigenvalue weighted by Crippen LogP contribution is 2.27. The maximum absolute atomic E-state index is 4.74. The Balaban J connectivity index is 1.98. The third kappa shape index (κ3) is 1.72. The first-order chi connectivity index (χ1) is 8.29. The summed E-state index contributed by atoms with van der Waals surface area (Å²) in [6.45, 7) is 5.68. The monoisotopic (exact) mass is 230 g/mol. The fourth-order valence-corrected chi connectivity index (χ4v) is 2.74. The van der Waals surface area contributed by atoms with Crippen LogP contribution in [0.2, 0.25) is 0 Å². The average Bonchev–Trinajstić information content (AvgIpc) is 2.95. The molecule has 0 amide bonds. The third-order valence-electron chi connectivity index (χ3n) is 3.75. The minimum atomic E-state index is 0.564. The molecule has 3 heterocycles. The van der Waals surface area contributed by atoms with Crippen LogP contribution in [0, 0.1) is 0 Å². The van der Waals surface area contributed by atoms with Crippen molar-refractivity contribution < 1.29 is 0 Å². The van der Waals surface area contributed by atoms with Crippen molar-refractivity contribution in [3.8, 4) is 0 Å². The molecule has 4 heteroatoms. The molecule has 0 bridgehead atoms. The van der Waals surface area contributed by atoms with Crippen molar-refractivity contribution in [3.63, 3.8) is 0 Å². The van der Waals surface area contributed by atoms with Crippen molar-refractivity contribution in [2.75, 3.05) is 19.6 Å². The van der Waals surface area contributed by atoms with Gasteiger partial charge in [-0.05, 0) is 31.6 Å². The first kappa shape index (κ1) is 10.7. The van der Waals surface area contributed by atoms with Gasteiger partial charge in [-0.1, -0.05) is 6.92 Å². The maximum Gasteiger partial charge on any atom is 0.159 e. The summed E-state index contributed by atoms with van der Waals surface area (Å²) in [6.07, 6.45) is 3.05. The quantitative estimate of drug-likeness (QED) is 0.788. The number of imidazole rings is 1. The van der Waals surface area contributed by atoms with Crippen LogP contribution in [-0.4, -0.2) is 39.1 Å². The highest BCUT2D eigenvalue weighted by atomic mass is 15.2. The Kier molecular flexibility index (Phi) is 2.59. The van der Waals surface area contributed by atoms with E-state index in [0.29, 0.717) is 5.92 Å². The molecule has 1 saturated heterocycles. The van der Waals surface area contributed by atoms with E-state index in [2.05, 4.69) is 28.4 Å². The van der Waals surface area contributed by atoms with Crippen molar-refractivity contribution >= 4 is 11.2 Å². The number of hydrogen-bond donors (Lipinski definition) is 0. The van der Waals surface area contributed by atoms with Gasteiger partial charge in [0, 0.05) is 25.7 Å². The normalized spacial score (nSPS) is 21.4. The molecule has 90 valence electrons. The number of aryl methyl sites for hydroxylation is 1. The van der Waals surface area contributed by atoms with E-state index in [1.807, 2.05) is 18.3 Å². The molecular formula is C13H18N4. The van der Waals surface area contributed by atoms with Crippen molar-refractivity contribution in [1.82, 2.24) is 19.4 Å². The van der Waals surface area contributed by atoms with Gasteiger partial charge in [-0.15, -0.1) is 0 Å². The molecule has 0 radical (unpaired) electrons. The molecule has 0 aliphatic carbocycles. The molecule has 0 saturated carbocycles. The van der Waals surface area contributed by atoms with Gasteiger partial charge in [-0.25, -0.2) is 9.97 Å². The lowest BCUT2D eigenvalue weighted by molar-refractivity contribution is 0.352. The van der Waals surface area contributed by atoms with Crippen LogP contribution in [0.3, 0.4) is 0 Å². The highest BCUT2D eigenvalue weighted by molar-refractivity contribution is 5.71. The summed E-state index contributed by atoms with van der Waals surface area (Å²) in [4.78, 5) is 11.6. The number of rotatable bonds is 2. The van der Waals surface area contributed by atoms with Crippen molar-refractivity contribution in [2.45, 2.75) is 19.3 Å². The smallest absolute Gasteiger partial charge is 0.159 e. The van der Waals surface area contributed by atoms with Gasteiger partial charge in [0.05, 0.1) is 0 Å². The molecule has 17 heavy (non-hydrogen) atoms. The van der Waals surface area contributed by atoms with Crippen LogP contribution in [0.4, 0.5) is 0 Å². The van der Waals surface area contributed by atoms with Crippen LogP contribution >= 0.6 is 0 Å². The Bertz CT molecular complexity index is 531. The van der Waals surface area contributed by atoms with Gasteiger partial charge in [-0.2, -0.15) is 0 Å². The second-order valence-corrected chi connectivity index (χ2v) is 4.75. The fourth-order valence-electron chi connectivity index (χ4n) is 2.74. The number of fused-ring (bicyclic) bond motifs is 1. The summed E-state index contributed by atoms with van der Waals surface area (Å²) in [5.74, 6) is 1.75. The first-order valence-corrected chi connectivity index (χ1v) is 6.29. The molecule has 2 aromatic heterocycles. The standard InChI is InChI=1S/C13H18N4/c1-3-17-8-6-10(9-17)12-15-11-5-4-7-14-13(11)16(12)2/h4-5,7,10H,3,6,8-9H2,1-2H3. The zero-order chi connectivity index (χ0) is 11.8. The zero-order valence-electron chi connectivity index (χ0n) is 10.4. The number of nitrogens with zero attached hydrogens (tertiary/aromatic N) is 4. The highest BCUT2D eigenvalue weighted by Gasteiger charge is 2.26. The molecule has 1 aliphatic heterocycles. The maximum atomic E-state index is 4.74. The topological polar surface area (TPSA) is 34.0 Å². The molecule has 3 rings (SSSR count). The van der Waals surface area contributed by atoms with Crippen molar-refractivity contribution in [1.29, 1.82) is 0 Å². The Morgan fingerprint density at radius 3 is 3.06 bits per heavy atom. The van der Waals surface area contributed by atoms with Gasteiger partial charge in [-0.3, -0.25) is 0 Å². The van der Waals surface area contributed by atoms with Gasteiger partial charge < -0.3 is 9.47 Å². The molecule has 2 aromatic rings. The Hall–Kier alpha value is -1.42. The molecule has 0 spiro atoms. The second-order valence-electron chi connectivity index (χ2n) is 4.75. The van der Waals surface area contributed by atoms with E-state index in [9.17, 15) is 0 Å². The molecule has 0 aromatic carbocycles. The Morgan fingerprint density at radius 2 is 2.35 bits per heavy atom. The van der Waals surface area contributed by atoms with Gasteiger partial charge >= 0.3 is 0 Å². The van der Waals surface area contributed by atoms with Crippen LogP contribution < -0.4 is 0 Å². The van der Waals surface area contributed by atoms with Crippen LogP contribution in [0.5, 0.6) is 0 Å². The summed E-state index contributed by atoms with van der Waals surface area (Å²) < 4.78 is 2.15. The lowest BCUT2D eigenvalue weighted by atomic mass is 10.1. The van der Waals surface area contributed by atoms with Gasteiger partial charge in [0.25, 0.3) is 0 Å². The van der Waals surface area contributed by atoms with E-state index >= 15 is 0 Å². The van der Waals surface area contributed by atoms with Crippen LogP contribution in [0.15, 0.2) is 18.3 Å². The molecular weight excluding hydrogens is 212 g/mol. The van der Waals surface area contributed by atoms with Crippen LogP contribution in [0.1, 0.15) is 25.1 Å². The summed E-state index contributed by atoms with van der Waals surface area (Å²) in [5, 5.41) is 0. The zero-order valence-corrected chi connectivity index (χ0v) is 10.4. The molecule has 4 nitrogen and oxygen atoms in total. The molecule has 1 fully saturated rings. The van der Waals surface area contributed by atoms with E-state index in [0.717, 1.165) is 24.3 Å². The largest absolute Gasteiger partial charge is 0.316 e. The van der Waals surface area contributed by atoms with Gasteiger partial charge in [0.15, 0.2) is 5.65 Å².